The number of aliphatic hydroxyl groups excluding tert-OH is 1. The normalized spacial score (nSPS) is 20.7. The number of carboxylic acids is 2. The molecule has 0 bridgehead atoms. The Morgan fingerprint density at radius 2 is 1.92 bits per heavy atom. The second-order valence-electron chi connectivity index (χ2n) is 5.79. The van der Waals surface area contributed by atoms with Gasteiger partial charge in [-0.15, -0.1) is 0 Å². The maximum Gasteiger partial charge on any atom is 0.278 e. The van der Waals surface area contributed by atoms with E-state index in [2.05, 4.69) is 5.32 Å². The molecule has 0 spiro atoms. The van der Waals surface area contributed by atoms with E-state index in [4.69, 9.17) is 0 Å². The van der Waals surface area contributed by atoms with Crippen molar-refractivity contribution in [3.05, 3.63) is 0 Å². The number of carboxylic acid groups (broad SMARTS) is 2. The molecule has 1 aliphatic heterocycles. The highest BCUT2D eigenvalue weighted by molar-refractivity contribution is 5.91. The number of carbonyl (C=O) groups is 4. The van der Waals surface area contributed by atoms with E-state index in [9.17, 15) is 34.5 Å². The molecule has 2 amide bonds. The van der Waals surface area contributed by atoms with Crippen molar-refractivity contribution < 1.29 is 39.8 Å². The van der Waals surface area contributed by atoms with Gasteiger partial charge >= 0.3 is 0 Å². The quantitative estimate of drug-likeness (QED) is 0.322. The molecule has 0 aliphatic carbocycles. The first-order chi connectivity index (χ1) is 11.2. The first-order valence-corrected chi connectivity index (χ1v) is 7.75. The summed E-state index contributed by atoms with van der Waals surface area (Å²) < 4.78 is 0. The molecule has 4 atom stereocenters. The monoisotopic (exact) mass is 344 g/mol. The van der Waals surface area contributed by atoms with Crippen LogP contribution in [0.3, 0.4) is 0 Å². The average Bonchev–Trinajstić information content (AvgIpc) is 3.01. The first-order valence-electron chi connectivity index (χ1n) is 7.75. The van der Waals surface area contributed by atoms with Gasteiger partial charge in [0.2, 0.25) is 5.91 Å². The zero-order chi connectivity index (χ0) is 18.3. The van der Waals surface area contributed by atoms with Gasteiger partial charge in [0.1, 0.15) is 6.04 Å². The van der Waals surface area contributed by atoms with E-state index in [-0.39, 0.29) is 12.5 Å². The standard InChI is InChI=1S/C14H23N3O7/c1-7(18)11(14(23)24)17-13(22)9(4-5-10(19)20)16-12(21)8-3-2-6-15-8/h7-9,11,15,18H,2-6H2,1H3,(H,16,21)(H,17,22)(H,19,20)(H,23,24)/p-1/t7-,8+,9+,11+/m1/s1. The van der Waals surface area contributed by atoms with Gasteiger partial charge in [-0.25, -0.2) is 0 Å². The minimum Gasteiger partial charge on any atom is -0.550 e. The number of amides is 2. The summed E-state index contributed by atoms with van der Waals surface area (Å²) in [5.41, 5.74) is 0. The van der Waals surface area contributed by atoms with Gasteiger partial charge in [0.25, 0.3) is 5.91 Å². The van der Waals surface area contributed by atoms with Crippen molar-refractivity contribution in [1.82, 2.24) is 10.6 Å². The molecule has 0 aromatic rings. The molecule has 1 heterocycles. The van der Waals surface area contributed by atoms with E-state index in [0.717, 1.165) is 19.9 Å². The van der Waals surface area contributed by atoms with Crippen molar-refractivity contribution in [1.29, 1.82) is 0 Å². The Bertz CT molecular complexity index is 489. The van der Waals surface area contributed by atoms with Crippen molar-refractivity contribution in [3.8, 4) is 0 Å². The number of aliphatic hydroxyl groups is 1. The average molecular weight is 344 g/mol. The summed E-state index contributed by atoms with van der Waals surface area (Å²) in [5.74, 6) is -4.42. The van der Waals surface area contributed by atoms with Crippen molar-refractivity contribution in [2.45, 2.75) is 56.8 Å². The van der Waals surface area contributed by atoms with Crippen molar-refractivity contribution in [2.24, 2.45) is 0 Å². The maximum atomic E-state index is 12.2. The Hall–Kier alpha value is -2.20. The zero-order valence-corrected chi connectivity index (χ0v) is 13.3. The molecule has 0 aromatic carbocycles. The smallest absolute Gasteiger partial charge is 0.278 e. The Morgan fingerprint density at radius 3 is 2.38 bits per heavy atom. The van der Waals surface area contributed by atoms with Gasteiger partial charge in [-0.2, -0.15) is 0 Å². The van der Waals surface area contributed by atoms with Crippen LogP contribution in [0.5, 0.6) is 0 Å². The van der Waals surface area contributed by atoms with Gasteiger partial charge in [-0.1, -0.05) is 0 Å². The Labute approximate surface area is 138 Å². The largest absolute Gasteiger partial charge is 0.550 e. The first kappa shape index (κ1) is 19.8. The van der Waals surface area contributed by atoms with Crippen LogP contribution in [0, 0.1) is 0 Å². The van der Waals surface area contributed by atoms with Gasteiger partial charge < -0.3 is 40.9 Å². The lowest BCUT2D eigenvalue weighted by molar-refractivity contribution is -0.657. The van der Waals surface area contributed by atoms with Crippen LogP contribution in [-0.4, -0.2) is 59.6 Å². The molecular weight excluding hydrogens is 322 g/mol. The predicted octanol–water partition coefficient (Wildman–Crippen LogP) is -5.66. The summed E-state index contributed by atoms with van der Waals surface area (Å²) in [5, 5.41) is 37.2. The number of carbonyl (C=O) groups excluding carboxylic acids is 4. The van der Waals surface area contributed by atoms with Crippen LogP contribution in [-0.2, 0) is 19.2 Å². The van der Waals surface area contributed by atoms with Crippen LogP contribution in [0.2, 0.25) is 0 Å². The Morgan fingerprint density at radius 1 is 1.25 bits per heavy atom. The number of hydrogen-bond acceptors (Lipinski definition) is 7. The number of aliphatic carboxylic acids is 2. The lowest BCUT2D eigenvalue weighted by atomic mass is 10.1. The molecule has 10 nitrogen and oxygen atoms in total. The number of rotatable bonds is 9. The van der Waals surface area contributed by atoms with Crippen molar-refractivity contribution >= 4 is 23.8 Å². The number of nitrogens with one attached hydrogen (secondary N) is 2. The van der Waals surface area contributed by atoms with Crippen LogP contribution >= 0.6 is 0 Å². The maximum absolute atomic E-state index is 12.2. The molecular formula is C14H22N3O7-. The van der Waals surface area contributed by atoms with E-state index < -0.39 is 48.4 Å². The van der Waals surface area contributed by atoms with Gasteiger partial charge in [0.05, 0.1) is 24.7 Å². The Kier molecular flexibility index (Phi) is 7.59. The molecule has 0 unspecified atom stereocenters. The molecule has 0 radical (unpaired) electrons. The summed E-state index contributed by atoms with van der Waals surface area (Å²) in [6.45, 7) is 1.94. The fourth-order valence-electron chi connectivity index (χ4n) is 2.45. The zero-order valence-electron chi connectivity index (χ0n) is 13.3. The lowest BCUT2D eigenvalue weighted by Gasteiger charge is -2.26. The van der Waals surface area contributed by atoms with Gasteiger partial charge in [-0.05, 0) is 19.8 Å². The molecule has 24 heavy (non-hydrogen) atoms. The molecule has 10 heteroatoms. The number of hydrogen-bond donors (Lipinski definition) is 4. The number of quaternary nitrogens is 1. The van der Waals surface area contributed by atoms with E-state index >= 15 is 0 Å². The third-order valence-electron chi connectivity index (χ3n) is 3.81. The third kappa shape index (κ3) is 6.13. The topological polar surface area (TPSA) is 175 Å². The molecule has 1 fully saturated rings. The fraction of sp³-hybridized carbons (Fsp3) is 0.714. The summed E-state index contributed by atoms with van der Waals surface area (Å²) in [6, 6.07) is -3.28. The summed E-state index contributed by atoms with van der Waals surface area (Å²) in [6.07, 6.45) is -0.679. The van der Waals surface area contributed by atoms with Crippen LogP contribution in [0.25, 0.3) is 0 Å². The third-order valence-corrected chi connectivity index (χ3v) is 3.81. The molecule has 0 saturated carbocycles. The van der Waals surface area contributed by atoms with E-state index in [1.165, 1.54) is 0 Å². The molecule has 136 valence electrons. The minimum atomic E-state index is -1.69. The van der Waals surface area contributed by atoms with E-state index in [1.54, 1.807) is 0 Å². The summed E-state index contributed by atoms with van der Waals surface area (Å²) >= 11 is 0. The van der Waals surface area contributed by atoms with Crippen LogP contribution in [0.15, 0.2) is 0 Å². The molecule has 1 rings (SSSR count). The van der Waals surface area contributed by atoms with Gasteiger partial charge in [0, 0.05) is 18.8 Å². The summed E-state index contributed by atoms with van der Waals surface area (Å²) in [4.78, 5) is 45.8. The highest BCUT2D eigenvalue weighted by atomic mass is 16.4. The lowest BCUT2D eigenvalue weighted by Crippen LogP contribution is -2.89. The molecule has 1 aliphatic rings. The molecule has 1 saturated heterocycles. The molecule has 5 N–H and O–H groups in total. The SMILES string of the molecule is C[C@@H](O)[C@H](NC(=O)[C@H](CCC(=O)[O-])NC(=O)[C@@H]1CCC[NH2+]1)C(=O)[O-]. The second kappa shape index (κ2) is 9.18. The van der Waals surface area contributed by atoms with Crippen molar-refractivity contribution in [3.63, 3.8) is 0 Å². The van der Waals surface area contributed by atoms with Crippen LogP contribution in [0.4, 0.5) is 0 Å². The van der Waals surface area contributed by atoms with Crippen LogP contribution in [0.1, 0.15) is 32.6 Å². The Balaban J connectivity index is 2.75. The van der Waals surface area contributed by atoms with E-state index in [0.29, 0.717) is 6.42 Å². The van der Waals surface area contributed by atoms with E-state index in [1.807, 2.05) is 10.6 Å². The summed E-state index contributed by atoms with van der Waals surface area (Å²) in [7, 11) is 0. The predicted molar refractivity (Wildman–Crippen MR) is 74.6 cm³/mol. The highest BCUT2D eigenvalue weighted by Crippen LogP contribution is 2.03. The van der Waals surface area contributed by atoms with Crippen LogP contribution < -0.4 is 26.2 Å². The number of nitrogens with two attached hydrogens (primary N) is 1. The van der Waals surface area contributed by atoms with Crippen molar-refractivity contribution in [2.75, 3.05) is 6.54 Å². The second-order valence-corrected chi connectivity index (χ2v) is 5.79. The molecule has 0 aromatic heterocycles. The van der Waals surface area contributed by atoms with Gasteiger partial charge in [0.15, 0.2) is 6.04 Å². The highest BCUT2D eigenvalue weighted by Gasteiger charge is 2.31. The fourth-order valence-corrected chi connectivity index (χ4v) is 2.45. The van der Waals surface area contributed by atoms with Gasteiger partial charge in [-0.3, -0.25) is 9.59 Å². The minimum absolute atomic E-state index is 0.258.